The van der Waals surface area contributed by atoms with Gasteiger partial charge in [-0.2, -0.15) is 0 Å². The molecule has 1 aliphatic heterocycles. The van der Waals surface area contributed by atoms with Gasteiger partial charge in [0.25, 0.3) is 0 Å². The van der Waals surface area contributed by atoms with Crippen LogP contribution in [0.15, 0.2) is 18.2 Å². The molecule has 1 amide bonds. The highest BCUT2D eigenvalue weighted by Crippen LogP contribution is 2.58. The Morgan fingerprint density at radius 1 is 1.42 bits per heavy atom. The van der Waals surface area contributed by atoms with Crippen molar-refractivity contribution in [3.8, 4) is 5.75 Å². The predicted octanol–water partition coefficient (Wildman–Crippen LogP) is 4.12. The van der Waals surface area contributed by atoms with Crippen LogP contribution in [0.5, 0.6) is 5.75 Å². The molecule has 0 radical (unpaired) electrons. The normalized spacial score (nSPS) is 21.2. The molecule has 4 nitrogen and oxygen atoms in total. The number of hydrogen-bond acceptors (Lipinski definition) is 3. The Hall–Kier alpha value is -0.970. The molecule has 1 aliphatic carbocycles. The Labute approximate surface area is 155 Å². The Morgan fingerprint density at radius 3 is 2.75 bits per heavy atom. The zero-order chi connectivity index (χ0) is 16.4. The Balaban J connectivity index is 0.00000208. The third-order valence-corrected chi connectivity index (χ3v) is 5.17. The topological polar surface area (TPSA) is 50.4 Å². The van der Waals surface area contributed by atoms with Crippen molar-refractivity contribution in [2.75, 3.05) is 25.0 Å². The summed E-state index contributed by atoms with van der Waals surface area (Å²) in [5.41, 5.74) is 0.993. The summed E-state index contributed by atoms with van der Waals surface area (Å²) >= 11 is 6.25. The van der Waals surface area contributed by atoms with Crippen molar-refractivity contribution >= 4 is 35.6 Å². The fourth-order valence-corrected chi connectivity index (χ4v) is 3.61. The highest BCUT2D eigenvalue weighted by atomic mass is 35.5. The van der Waals surface area contributed by atoms with Crippen molar-refractivity contribution in [1.29, 1.82) is 0 Å². The Morgan fingerprint density at radius 2 is 2.12 bits per heavy atom. The van der Waals surface area contributed by atoms with Gasteiger partial charge in [-0.05, 0) is 61.9 Å². The number of anilines is 1. The minimum atomic E-state index is 0. The third kappa shape index (κ3) is 4.35. The number of carbonyl (C=O) groups is 1. The van der Waals surface area contributed by atoms with Crippen LogP contribution in [-0.2, 0) is 4.79 Å². The summed E-state index contributed by atoms with van der Waals surface area (Å²) in [5, 5.41) is 6.91. The van der Waals surface area contributed by atoms with Crippen LogP contribution in [0.4, 0.5) is 5.69 Å². The van der Waals surface area contributed by atoms with Crippen LogP contribution in [-0.4, -0.2) is 25.6 Å². The molecule has 1 heterocycles. The van der Waals surface area contributed by atoms with E-state index in [2.05, 4.69) is 24.5 Å². The van der Waals surface area contributed by atoms with Crippen LogP contribution < -0.4 is 15.4 Å². The SMILES string of the molecule is CC(C)COc1ccc(NC(=O)C2CC23CCNCC3)cc1Cl.Cl. The maximum absolute atomic E-state index is 12.5. The van der Waals surface area contributed by atoms with E-state index in [0.29, 0.717) is 23.3 Å². The first-order valence-corrected chi connectivity index (χ1v) is 8.82. The van der Waals surface area contributed by atoms with Gasteiger partial charge in [-0.1, -0.05) is 25.4 Å². The second-order valence-corrected chi connectivity index (χ2v) is 7.62. The van der Waals surface area contributed by atoms with E-state index in [4.69, 9.17) is 16.3 Å². The molecule has 3 rings (SSSR count). The van der Waals surface area contributed by atoms with Crippen molar-refractivity contribution < 1.29 is 9.53 Å². The summed E-state index contributed by atoms with van der Waals surface area (Å²) in [5.74, 6) is 1.39. The van der Waals surface area contributed by atoms with E-state index in [1.165, 1.54) is 0 Å². The third-order valence-electron chi connectivity index (χ3n) is 4.88. The first kappa shape index (κ1) is 19.4. The second kappa shape index (κ2) is 7.94. The zero-order valence-corrected chi connectivity index (χ0v) is 15.8. The molecule has 0 bridgehead atoms. The molecule has 1 saturated carbocycles. The lowest BCUT2D eigenvalue weighted by atomic mass is 9.92. The average Bonchev–Trinajstić information content (AvgIpc) is 3.20. The molecule has 6 heteroatoms. The molecule has 134 valence electrons. The van der Waals surface area contributed by atoms with E-state index in [1.54, 1.807) is 6.07 Å². The van der Waals surface area contributed by atoms with E-state index >= 15 is 0 Å². The minimum Gasteiger partial charge on any atom is -0.492 e. The molecule has 2 aliphatic rings. The number of benzene rings is 1. The number of halogens is 2. The summed E-state index contributed by atoms with van der Waals surface area (Å²) in [6.45, 7) is 6.86. The van der Waals surface area contributed by atoms with Crippen molar-refractivity contribution in [3.63, 3.8) is 0 Å². The number of rotatable bonds is 5. The summed E-state index contributed by atoms with van der Waals surface area (Å²) in [7, 11) is 0. The standard InChI is InChI=1S/C18H25ClN2O2.ClH/c1-12(2)11-23-16-4-3-13(9-15(16)19)21-17(22)14-10-18(14)5-7-20-8-6-18;/h3-4,9,12,14,20H,5-8,10-11H2,1-2H3,(H,21,22);1H. The first-order chi connectivity index (χ1) is 11.0. The van der Waals surface area contributed by atoms with Gasteiger partial charge in [-0.15, -0.1) is 12.4 Å². The van der Waals surface area contributed by atoms with E-state index in [0.717, 1.165) is 38.0 Å². The summed E-state index contributed by atoms with van der Waals surface area (Å²) in [6, 6.07) is 5.46. The monoisotopic (exact) mass is 372 g/mol. The maximum Gasteiger partial charge on any atom is 0.228 e. The molecule has 2 fully saturated rings. The van der Waals surface area contributed by atoms with Crippen molar-refractivity contribution in [2.24, 2.45) is 17.3 Å². The quantitative estimate of drug-likeness (QED) is 0.816. The van der Waals surface area contributed by atoms with E-state index in [-0.39, 0.29) is 29.6 Å². The molecule has 1 atom stereocenters. The minimum absolute atomic E-state index is 0. The van der Waals surface area contributed by atoms with Crippen molar-refractivity contribution in [1.82, 2.24) is 5.32 Å². The number of carbonyl (C=O) groups excluding carboxylic acids is 1. The largest absolute Gasteiger partial charge is 0.492 e. The van der Waals surface area contributed by atoms with Gasteiger partial charge < -0.3 is 15.4 Å². The van der Waals surface area contributed by atoms with E-state index in [9.17, 15) is 4.79 Å². The van der Waals surface area contributed by atoms with Crippen LogP contribution in [0.25, 0.3) is 0 Å². The Bertz CT molecular complexity index is 586. The van der Waals surface area contributed by atoms with Gasteiger partial charge in [0.15, 0.2) is 0 Å². The molecule has 1 spiro atoms. The Kier molecular flexibility index (Phi) is 6.40. The number of hydrogen-bond donors (Lipinski definition) is 2. The van der Waals surface area contributed by atoms with E-state index < -0.39 is 0 Å². The molecule has 0 aromatic heterocycles. The average molecular weight is 373 g/mol. The van der Waals surface area contributed by atoms with Gasteiger partial charge in [0.1, 0.15) is 5.75 Å². The molecular weight excluding hydrogens is 347 g/mol. The number of nitrogens with one attached hydrogen (secondary N) is 2. The van der Waals surface area contributed by atoms with Gasteiger partial charge in [-0.3, -0.25) is 4.79 Å². The summed E-state index contributed by atoms with van der Waals surface area (Å²) in [6.07, 6.45) is 3.23. The highest BCUT2D eigenvalue weighted by molar-refractivity contribution is 6.32. The van der Waals surface area contributed by atoms with E-state index in [1.807, 2.05) is 12.1 Å². The molecular formula is C18H26Cl2N2O2. The first-order valence-electron chi connectivity index (χ1n) is 8.44. The van der Waals surface area contributed by atoms with Gasteiger partial charge in [-0.25, -0.2) is 0 Å². The van der Waals surface area contributed by atoms with Crippen molar-refractivity contribution in [3.05, 3.63) is 23.2 Å². The molecule has 1 aromatic carbocycles. The maximum atomic E-state index is 12.5. The van der Waals surface area contributed by atoms with Gasteiger partial charge in [0.05, 0.1) is 11.6 Å². The molecule has 1 aromatic rings. The molecule has 1 unspecified atom stereocenters. The molecule has 24 heavy (non-hydrogen) atoms. The smallest absolute Gasteiger partial charge is 0.228 e. The van der Waals surface area contributed by atoms with Crippen LogP contribution in [0.2, 0.25) is 5.02 Å². The lowest BCUT2D eigenvalue weighted by molar-refractivity contribution is -0.118. The van der Waals surface area contributed by atoms with Gasteiger partial charge >= 0.3 is 0 Å². The zero-order valence-electron chi connectivity index (χ0n) is 14.2. The summed E-state index contributed by atoms with van der Waals surface area (Å²) < 4.78 is 5.66. The lowest BCUT2D eigenvalue weighted by Crippen LogP contribution is -2.31. The van der Waals surface area contributed by atoms with Gasteiger partial charge in [0, 0.05) is 11.6 Å². The fourth-order valence-electron chi connectivity index (χ4n) is 3.38. The van der Waals surface area contributed by atoms with Crippen molar-refractivity contribution in [2.45, 2.75) is 33.1 Å². The lowest BCUT2D eigenvalue weighted by Gasteiger charge is -2.23. The van der Waals surface area contributed by atoms with Crippen LogP contribution in [0, 0.1) is 17.3 Å². The number of amides is 1. The fraction of sp³-hybridized carbons (Fsp3) is 0.611. The number of piperidine rings is 1. The van der Waals surface area contributed by atoms with Crippen LogP contribution in [0.3, 0.4) is 0 Å². The van der Waals surface area contributed by atoms with Gasteiger partial charge in [0.2, 0.25) is 5.91 Å². The summed E-state index contributed by atoms with van der Waals surface area (Å²) in [4.78, 5) is 12.5. The molecule has 1 saturated heterocycles. The highest BCUT2D eigenvalue weighted by Gasteiger charge is 2.57. The second-order valence-electron chi connectivity index (χ2n) is 7.21. The number of ether oxygens (including phenoxy) is 1. The predicted molar refractivity (Wildman–Crippen MR) is 100 cm³/mol. The molecule has 2 N–H and O–H groups in total. The van der Waals surface area contributed by atoms with Crippen LogP contribution >= 0.6 is 24.0 Å². The van der Waals surface area contributed by atoms with Crippen LogP contribution in [0.1, 0.15) is 33.1 Å².